The van der Waals surface area contributed by atoms with Gasteiger partial charge in [-0.05, 0) is 70.5 Å². The van der Waals surface area contributed by atoms with Crippen molar-refractivity contribution in [2.75, 3.05) is 6.54 Å². The Balaban J connectivity index is 1.64. The third-order valence-corrected chi connectivity index (χ3v) is 5.34. The number of ketones is 1. The van der Waals surface area contributed by atoms with Crippen LogP contribution in [0.4, 0.5) is 4.79 Å². The molecule has 1 aromatic rings. The van der Waals surface area contributed by atoms with Crippen LogP contribution in [-0.4, -0.2) is 42.0 Å². The Hall–Kier alpha value is -2.41. The van der Waals surface area contributed by atoms with E-state index in [1.54, 1.807) is 20.8 Å². The van der Waals surface area contributed by atoms with Crippen molar-refractivity contribution in [3.63, 3.8) is 0 Å². The van der Waals surface area contributed by atoms with Crippen LogP contribution < -0.4 is 16.0 Å². The molecule has 1 saturated heterocycles. The minimum absolute atomic E-state index is 0.155. The average molecular weight is 402 g/mol. The molecule has 7 heteroatoms. The van der Waals surface area contributed by atoms with Gasteiger partial charge >= 0.3 is 6.09 Å². The van der Waals surface area contributed by atoms with Crippen LogP contribution >= 0.6 is 0 Å². The molecule has 1 aliphatic carbocycles. The molecule has 3 rings (SSSR count). The summed E-state index contributed by atoms with van der Waals surface area (Å²) in [5.41, 5.74) is 1.67. The van der Waals surface area contributed by atoms with Gasteiger partial charge in [0.1, 0.15) is 5.60 Å². The summed E-state index contributed by atoms with van der Waals surface area (Å²) in [6, 6.07) is 6.64. The fourth-order valence-electron chi connectivity index (χ4n) is 4.05. The van der Waals surface area contributed by atoms with Gasteiger partial charge in [-0.3, -0.25) is 9.59 Å². The second-order valence-corrected chi connectivity index (χ2v) is 8.81. The van der Waals surface area contributed by atoms with E-state index in [4.69, 9.17) is 4.74 Å². The molecule has 7 nitrogen and oxygen atoms in total. The number of hydrogen-bond donors (Lipinski definition) is 3. The number of hydrogen-bond acceptors (Lipinski definition) is 5. The highest BCUT2D eigenvalue weighted by molar-refractivity contribution is 6.38. The summed E-state index contributed by atoms with van der Waals surface area (Å²) in [5.74, 6) is -1.16. The molecule has 0 radical (unpaired) electrons. The van der Waals surface area contributed by atoms with E-state index in [0.717, 1.165) is 31.2 Å². The fraction of sp³-hybridized carbons (Fsp3) is 0.591. The Labute approximate surface area is 172 Å². The lowest BCUT2D eigenvalue weighted by atomic mass is 9.87. The van der Waals surface area contributed by atoms with Crippen molar-refractivity contribution in [1.82, 2.24) is 16.0 Å². The highest BCUT2D eigenvalue weighted by atomic mass is 16.6. The van der Waals surface area contributed by atoms with Gasteiger partial charge in [-0.1, -0.05) is 24.3 Å². The van der Waals surface area contributed by atoms with Crippen molar-refractivity contribution in [2.24, 2.45) is 0 Å². The Bertz CT molecular complexity index is 772. The van der Waals surface area contributed by atoms with Crippen molar-refractivity contribution in [3.8, 4) is 0 Å². The first-order valence-electron chi connectivity index (χ1n) is 10.4. The number of piperidine rings is 1. The van der Waals surface area contributed by atoms with Gasteiger partial charge in [0, 0.05) is 0 Å². The number of Topliss-reactive ketones (excluding diaryl/α,β-unsaturated/α-hetero) is 1. The third kappa shape index (κ3) is 5.56. The van der Waals surface area contributed by atoms with Crippen molar-refractivity contribution < 1.29 is 19.1 Å². The largest absolute Gasteiger partial charge is 0.444 e. The molecule has 0 spiro atoms. The molecule has 29 heavy (non-hydrogen) atoms. The summed E-state index contributed by atoms with van der Waals surface area (Å²) in [7, 11) is 0. The van der Waals surface area contributed by atoms with Crippen LogP contribution in [0.15, 0.2) is 24.3 Å². The van der Waals surface area contributed by atoms with Gasteiger partial charge in [0.05, 0.1) is 18.1 Å². The molecule has 3 atom stereocenters. The van der Waals surface area contributed by atoms with Crippen molar-refractivity contribution in [1.29, 1.82) is 0 Å². The zero-order chi connectivity index (χ0) is 21.0. The molecule has 2 amide bonds. The minimum atomic E-state index is -0.755. The van der Waals surface area contributed by atoms with Crippen molar-refractivity contribution in [2.45, 2.75) is 76.6 Å². The van der Waals surface area contributed by atoms with E-state index in [1.807, 2.05) is 18.2 Å². The summed E-state index contributed by atoms with van der Waals surface area (Å²) in [4.78, 5) is 37.8. The smallest absolute Gasteiger partial charge is 0.407 e. The van der Waals surface area contributed by atoms with Crippen LogP contribution in [0.25, 0.3) is 0 Å². The molecule has 1 heterocycles. The van der Waals surface area contributed by atoms with Crippen LogP contribution in [0, 0.1) is 0 Å². The topological polar surface area (TPSA) is 96.5 Å². The summed E-state index contributed by atoms with van der Waals surface area (Å²) < 4.78 is 5.30. The van der Waals surface area contributed by atoms with E-state index in [0.29, 0.717) is 13.0 Å². The number of aryl methyl sites for hydroxylation is 1. The third-order valence-electron chi connectivity index (χ3n) is 5.34. The molecule has 3 N–H and O–H groups in total. The summed E-state index contributed by atoms with van der Waals surface area (Å²) in [6.07, 6.45) is 3.62. The maximum atomic E-state index is 12.9. The van der Waals surface area contributed by atoms with E-state index in [2.05, 4.69) is 22.0 Å². The van der Waals surface area contributed by atoms with E-state index in [9.17, 15) is 14.4 Å². The molecule has 0 bridgehead atoms. The second kappa shape index (κ2) is 8.95. The minimum Gasteiger partial charge on any atom is -0.444 e. The molecule has 0 saturated carbocycles. The number of fused-ring (bicyclic) bond motifs is 1. The monoisotopic (exact) mass is 401 g/mol. The zero-order valence-electron chi connectivity index (χ0n) is 17.4. The predicted molar refractivity (Wildman–Crippen MR) is 109 cm³/mol. The van der Waals surface area contributed by atoms with Gasteiger partial charge in [0.25, 0.3) is 5.91 Å². The molecule has 158 valence electrons. The molecule has 2 aliphatic rings. The summed E-state index contributed by atoms with van der Waals surface area (Å²) in [5, 5.41) is 8.76. The Kier molecular flexibility index (Phi) is 6.57. The standard InChI is InChI=1S/C22H31N3O4/c1-22(2,3)29-21(28)25-17-12-7-13-23-18(17)19(26)20(27)24-16-11-6-9-14-8-4-5-10-15(14)16/h4-5,8,10,16-18,23H,6-7,9,11-13H2,1-3H3,(H,24,27)(H,25,28). The number of nitrogens with one attached hydrogen (secondary N) is 3. The maximum absolute atomic E-state index is 12.9. The number of carbonyl (C=O) groups excluding carboxylic acids is 3. The molecule has 0 aromatic heterocycles. The highest BCUT2D eigenvalue weighted by Crippen LogP contribution is 2.29. The Morgan fingerprint density at radius 3 is 2.59 bits per heavy atom. The highest BCUT2D eigenvalue weighted by Gasteiger charge is 2.37. The fourth-order valence-corrected chi connectivity index (χ4v) is 4.05. The molecule has 1 aliphatic heterocycles. The molecular weight excluding hydrogens is 370 g/mol. The number of carbonyl (C=O) groups is 3. The Morgan fingerprint density at radius 2 is 1.83 bits per heavy atom. The van der Waals surface area contributed by atoms with E-state index in [-0.39, 0.29) is 6.04 Å². The van der Waals surface area contributed by atoms with Crippen molar-refractivity contribution >= 4 is 17.8 Å². The quantitative estimate of drug-likeness (QED) is 0.673. The van der Waals surface area contributed by atoms with Crippen LogP contribution in [0.2, 0.25) is 0 Å². The average Bonchev–Trinajstić information content (AvgIpc) is 2.66. The van der Waals surface area contributed by atoms with Gasteiger partial charge in [0.2, 0.25) is 5.78 Å². The van der Waals surface area contributed by atoms with Crippen LogP contribution in [0.5, 0.6) is 0 Å². The van der Waals surface area contributed by atoms with Crippen molar-refractivity contribution in [3.05, 3.63) is 35.4 Å². The maximum Gasteiger partial charge on any atom is 0.407 e. The van der Waals surface area contributed by atoms with Crippen LogP contribution in [0.1, 0.15) is 63.6 Å². The molecule has 1 aromatic carbocycles. The molecular formula is C22H31N3O4. The lowest BCUT2D eigenvalue weighted by molar-refractivity contribution is -0.140. The van der Waals surface area contributed by atoms with Gasteiger partial charge in [0.15, 0.2) is 0 Å². The van der Waals surface area contributed by atoms with Crippen LogP contribution in [-0.2, 0) is 20.7 Å². The first-order chi connectivity index (χ1) is 13.7. The van der Waals surface area contributed by atoms with E-state index < -0.39 is 35.5 Å². The number of benzene rings is 1. The van der Waals surface area contributed by atoms with Gasteiger partial charge < -0.3 is 20.7 Å². The normalized spacial score (nSPS) is 24.2. The number of alkyl carbamates (subject to hydrolysis) is 1. The van der Waals surface area contributed by atoms with E-state index in [1.165, 1.54) is 5.56 Å². The van der Waals surface area contributed by atoms with Gasteiger partial charge in [-0.25, -0.2) is 4.79 Å². The summed E-state index contributed by atoms with van der Waals surface area (Å²) >= 11 is 0. The zero-order valence-corrected chi connectivity index (χ0v) is 17.4. The summed E-state index contributed by atoms with van der Waals surface area (Å²) in [6.45, 7) is 5.97. The molecule has 1 fully saturated rings. The van der Waals surface area contributed by atoms with Crippen LogP contribution in [0.3, 0.4) is 0 Å². The number of ether oxygens (including phenoxy) is 1. The first-order valence-corrected chi connectivity index (χ1v) is 10.4. The lowest BCUT2D eigenvalue weighted by Crippen LogP contribution is -2.60. The SMILES string of the molecule is CC(C)(C)OC(=O)NC1CCCNC1C(=O)C(=O)NC1CCCc2ccccc21. The molecule has 3 unspecified atom stereocenters. The second-order valence-electron chi connectivity index (χ2n) is 8.81. The Morgan fingerprint density at radius 1 is 1.07 bits per heavy atom. The predicted octanol–water partition coefficient (Wildman–Crippen LogP) is 2.39. The first kappa shape index (κ1) is 21.3. The van der Waals surface area contributed by atoms with Gasteiger partial charge in [-0.15, -0.1) is 0 Å². The number of rotatable bonds is 4. The number of amides is 2. The van der Waals surface area contributed by atoms with E-state index >= 15 is 0 Å². The van der Waals surface area contributed by atoms with Gasteiger partial charge in [-0.2, -0.15) is 0 Å². The lowest BCUT2D eigenvalue weighted by Gasteiger charge is -2.33.